The zero-order valence-electron chi connectivity index (χ0n) is 11.2. The molecule has 0 aliphatic rings. The fraction of sp³-hybridized carbons (Fsp3) is 0.0667. The van der Waals surface area contributed by atoms with E-state index in [0.717, 1.165) is 6.07 Å². The Labute approximate surface area is 120 Å². The molecular formula is C15H13NO5. The topological polar surface area (TPSA) is 95.9 Å². The summed E-state index contributed by atoms with van der Waals surface area (Å²) in [6.07, 6.45) is 0. The number of para-hydroxylation sites is 1. The molecule has 3 N–H and O–H groups in total. The molecule has 0 aromatic heterocycles. The predicted molar refractivity (Wildman–Crippen MR) is 75.5 cm³/mol. The van der Waals surface area contributed by atoms with Gasteiger partial charge < -0.3 is 20.3 Å². The number of hydrogen-bond acceptors (Lipinski definition) is 5. The van der Waals surface area contributed by atoms with Crippen LogP contribution in [-0.4, -0.2) is 29.2 Å². The van der Waals surface area contributed by atoms with Crippen molar-refractivity contribution >= 4 is 17.6 Å². The van der Waals surface area contributed by atoms with E-state index in [-0.39, 0.29) is 28.3 Å². The fourth-order valence-electron chi connectivity index (χ4n) is 1.80. The first-order valence-electron chi connectivity index (χ1n) is 6.03. The van der Waals surface area contributed by atoms with Crippen LogP contribution < -0.4 is 5.32 Å². The Bertz CT molecular complexity index is 676. The Morgan fingerprint density at radius 3 is 2.29 bits per heavy atom. The normalized spacial score (nSPS) is 9.95. The van der Waals surface area contributed by atoms with Gasteiger partial charge in [0, 0.05) is 11.6 Å². The van der Waals surface area contributed by atoms with Gasteiger partial charge in [-0.25, -0.2) is 4.79 Å². The van der Waals surface area contributed by atoms with Crippen molar-refractivity contribution in [2.45, 2.75) is 0 Å². The van der Waals surface area contributed by atoms with Gasteiger partial charge in [-0.2, -0.15) is 0 Å². The van der Waals surface area contributed by atoms with Gasteiger partial charge in [0.05, 0.1) is 18.4 Å². The maximum atomic E-state index is 12.1. The van der Waals surface area contributed by atoms with Crippen LogP contribution in [0.25, 0.3) is 0 Å². The van der Waals surface area contributed by atoms with E-state index < -0.39 is 11.9 Å². The maximum absolute atomic E-state index is 12.1. The molecule has 6 nitrogen and oxygen atoms in total. The molecule has 1 amide bonds. The van der Waals surface area contributed by atoms with Crippen molar-refractivity contribution < 1.29 is 24.5 Å². The molecule has 0 fully saturated rings. The van der Waals surface area contributed by atoms with E-state index in [1.807, 2.05) is 0 Å². The third-order valence-electron chi connectivity index (χ3n) is 2.75. The lowest BCUT2D eigenvalue weighted by Crippen LogP contribution is -2.15. The Kier molecular flexibility index (Phi) is 4.08. The zero-order valence-corrected chi connectivity index (χ0v) is 11.2. The third-order valence-corrected chi connectivity index (χ3v) is 2.75. The van der Waals surface area contributed by atoms with Crippen LogP contribution in [0.5, 0.6) is 11.5 Å². The predicted octanol–water partition coefficient (Wildman–Crippen LogP) is 2.14. The highest BCUT2D eigenvalue weighted by atomic mass is 16.5. The van der Waals surface area contributed by atoms with E-state index in [4.69, 9.17) is 0 Å². The lowest BCUT2D eigenvalue weighted by molar-refractivity contribution is 0.0602. The Morgan fingerprint density at radius 2 is 1.67 bits per heavy atom. The number of carbonyl (C=O) groups is 2. The van der Waals surface area contributed by atoms with Gasteiger partial charge in [0.1, 0.15) is 11.5 Å². The van der Waals surface area contributed by atoms with Crippen molar-refractivity contribution in [3.8, 4) is 11.5 Å². The highest BCUT2D eigenvalue weighted by Crippen LogP contribution is 2.22. The van der Waals surface area contributed by atoms with Crippen molar-refractivity contribution in [1.82, 2.24) is 0 Å². The van der Waals surface area contributed by atoms with Crippen molar-refractivity contribution in [3.05, 3.63) is 53.6 Å². The number of carbonyl (C=O) groups excluding carboxylic acids is 2. The van der Waals surface area contributed by atoms with Gasteiger partial charge in [-0.15, -0.1) is 0 Å². The second-order valence-electron chi connectivity index (χ2n) is 4.23. The number of hydrogen-bond donors (Lipinski definition) is 3. The van der Waals surface area contributed by atoms with E-state index in [2.05, 4.69) is 10.1 Å². The van der Waals surface area contributed by atoms with Crippen molar-refractivity contribution in [2.75, 3.05) is 12.4 Å². The van der Waals surface area contributed by atoms with Crippen LogP contribution in [0.1, 0.15) is 20.7 Å². The largest absolute Gasteiger partial charge is 0.508 e. The molecule has 108 valence electrons. The number of aromatic hydroxyl groups is 2. The molecule has 2 aromatic rings. The molecule has 0 radical (unpaired) electrons. The average Bonchev–Trinajstić information content (AvgIpc) is 2.46. The Hall–Kier alpha value is -3.02. The van der Waals surface area contributed by atoms with Crippen LogP contribution >= 0.6 is 0 Å². The second-order valence-corrected chi connectivity index (χ2v) is 4.23. The van der Waals surface area contributed by atoms with Gasteiger partial charge in [0.2, 0.25) is 0 Å². The highest BCUT2D eigenvalue weighted by molar-refractivity contribution is 6.08. The number of phenols is 2. The standard InChI is InChI=1S/C15H13NO5/c1-21-15(20)12-4-2-3-5-13(12)16-14(19)9-6-10(17)8-11(18)7-9/h2-8,17-18H,1H3,(H,16,19). The summed E-state index contributed by atoms with van der Waals surface area (Å²) in [7, 11) is 1.24. The minimum Gasteiger partial charge on any atom is -0.508 e. The minimum atomic E-state index is -0.579. The number of rotatable bonds is 3. The SMILES string of the molecule is COC(=O)c1ccccc1NC(=O)c1cc(O)cc(O)c1. The number of amides is 1. The van der Waals surface area contributed by atoms with Crippen LogP contribution in [0.2, 0.25) is 0 Å². The lowest BCUT2D eigenvalue weighted by atomic mass is 10.1. The first kappa shape index (κ1) is 14.4. The van der Waals surface area contributed by atoms with Gasteiger partial charge in [-0.3, -0.25) is 4.79 Å². The van der Waals surface area contributed by atoms with Crippen LogP contribution in [-0.2, 0) is 4.74 Å². The molecule has 0 saturated carbocycles. The maximum Gasteiger partial charge on any atom is 0.339 e. The summed E-state index contributed by atoms with van der Waals surface area (Å²) in [5.74, 6) is -1.62. The zero-order chi connectivity index (χ0) is 15.4. The van der Waals surface area contributed by atoms with E-state index in [0.29, 0.717) is 0 Å². The van der Waals surface area contributed by atoms with Crippen LogP contribution in [0.4, 0.5) is 5.69 Å². The van der Waals surface area contributed by atoms with Crippen LogP contribution in [0.3, 0.4) is 0 Å². The van der Waals surface area contributed by atoms with Crippen molar-refractivity contribution in [2.24, 2.45) is 0 Å². The molecule has 2 aromatic carbocycles. The van der Waals surface area contributed by atoms with Crippen molar-refractivity contribution in [1.29, 1.82) is 0 Å². The average molecular weight is 287 g/mol. The summed E-state index contributed by atoms with van der Waals surface area (Å²) in [6, 6.07) is 9.88. The van der Waals surface area contributed by atoms with Gasteiger partial charge >= 0.3 is 5.97 Å². The first-order valence-corrected chi connectivity index (χ1v) is 6.03. The minimum absolute atomic E-state index is 0.0622. The van der Waals surface area contributed by atoms with Crippen LogP contribution in [0.15, 0.2) is 42.5 Å². The number of phenolic OH excluding ortho intramolecular Hbond substituents is 2. The molecule has 0 atom stereocenters. The summed E-state index contributed by atoms with van der Waals surface area (Å²) in [5.41, 5.74) is 0.544. The third kappa shape index (κ3) is 3.30. The molecule has 2 rings (SSSR count). The number of benzene rings is 2. The summed E-state index contributed by atoms with van der Waals surface area (Å²) in [5, 5.41) is 21.3. The molecule has 21 heavy (non-hydrogen) atoms. The van der Waals surface area contributed by atoms with Gasteiger partial charge in [0.15, 0.2) is 0 Å². The number of ether oxygens (including phenoxy) is 1. The number of anilines is 1. The summed E-state index contributed by atoms with van der Waals surface area (Å²) in [6.45, 7) is 0. The molecule has 0 unspecified atom stereocenters. The quantitative estimate of drug-likeness (QED) is 0.752. The summed E-state index contributed by atoms with van der Waals surface area (Å²) in [4.78, 5) is 23.7. The molecule has 0 bridgehead atoms. The Morgan fingerprint density at radius 1 is 1.05 bits per heavy atom. The van der Waals surface area contributed by atoms with Gasteiger partial charge in [-0.05, 0) is 24.3 Å². The first-order chi connectivity index (χ1) is 10.0. The lowest BCUT2D eigenvalue weighted by Gasteiger charge is -2.10. The fourth-order valence-corrected chi connectivity index (χ4v) is 1.80. The second kappa shape index (κ2) is 5.96. The smallest absolute Gasteiger partial charge is 0.339 e. The molecule has 0 spiro atoms. The monoisotopic (exact) mass is 287 g/mol. The summed E-state index contributed by atoms with van der Waals surface area (Å²) < 4.78 is 4.63. The van der Waals surface area contributed by atoms with Gasteiger partial charge in [-0.1, -0.05) is 12.1 Å². The molecule has 0 aliphatic carbocycles. The van der Waals surface area contributed by atoms with Crippen LogP contribution in [0, 0.1) is 0 Å². The van der Waals surface area contributed by atoms with E-state index in [1.54, 1.807) is 18.2 Å². The van der Waals surface area contributed by atoms with Gasteiger partial charge in [0.25, 0.3) is 5.91 Å². The molecular weight excluding hydrogens is 274 g/mol. The number of esters is 1. The van der Waals surface area contributed by atoms with E-state index in [1.165, 1.54) is 25.3 Å². The Balaban J connectivity index is 2.30. The molecule has 0 aliphatic heterocycles. The highest BCUT2D eigenvalue weighted by Gasteiger charge is 2.15. The number of nitrogens with one attached hydrogen (secondary N) is 1. The molecule has 0 saturated heterocycles. The molecule has 6 heteroatoms. The van der Waals surface area contributed by atoms with E-state index >= 15 is 0 Å². The number of methoxy groups -OCH3 is 1. The summed E-state index contributed by atoms with van der Waals surface area (Å²) >= 11 is 0. The van der Waals surface area contributed by atoms with Crippen molar-refractivity contribution in [3.63, 3.8) is 0 Å². The van der Waals surface area contributed by atoms with E-state index in [9.17, 15) is 19.8 Å². The molecule has 0 heterocycles.